The first-order valence-electron chi connectivity index (χ1n) is 10.1. The summed E-state index contributed by atoms with van der Waals surface area (Å²) in [6, 6.07) is 7.44. The van der Waals surface area contributed by atoms with Gasteiger partial charge in [-0.2, -0.15) is 0 Å². The van der Waals surface area contributed by atoms with Crippen molar-refractivity contribution in [1.29, 1.82) is 0 Å². The Labute approximate surface area is 157 Å². The summed E-state index contributed by atoms with van der Waals surface area (Å²) in [7, 11) is 1.68. The summed E-state index contributed by atoms with van der Waals surface area (Å²) in [6.45, 7) is 7.07. The van der Waals surface area contributed by atoms with Crippen molar-refractivity contribution < 1.29 is 14.6 Å². The summed E-state index contributed by atoms with van der Waals surface area (Å²) in [4.78, 5) is 5.20. The van der Waals surface area contributed by atoms with Crippen LogP contribution in [0.1, 0.15) is 44.6 Å². The molecule has 0 amide bonds. The molecule has 3 rings (SSSR count). The highest BCUT2D eigenvalue weighted by atomic mass is 16.5. The fourth-order valence-electron chi connectivity index (χ4n) is 4.55. The van der Waals surface area contributed by atoms with Crippen LogP contribution in [0.4, 0.5) is 0 Å². The fourth-order valence-corrected chi connectivity index (χ4v) is 4.55. The third-order valence-electron chi connectivity index (χ3n) is 5.80. The maximum atomic E-state index is 9.53. The minimum atomic E-state index is 0.277. The van der Waals surface area contributed by atoms with Crippen LogP contribution in [-0.4, -0.2) is 66.9 Å². The van der Waals surface area contributed by atoms with E-state index < -0.39 is 0 Å². The molecule has 2 fully saturated rings. The third kappa shape index (κ3) is 4.70. The summed E-state index contributed by atoms with van der Waals surface area (Å²) in [6.07, 6.45) is 6.27. The van der Waals surface area contributed by atoms with Crippen LogP contribution in [0.2, 0.25) is 0 Å². The average molecular weight is 363 g/mol. The van der Waals surface area contributed by atoms with Gasteiger partial charge in [0.2, 0.25) is 0 Å². The lowest BCUT2D eigenvalue weighted by Crippen LogP contribution is -2.55. The lowest BCUT2D eigenvalue weighted by atomic mass is 10.0. The molecule has 146 valence electrons. The second-order valence-corrected chi connectivity index (χ2v) is 7.50. The van der Waals surface area contributed by atoms with Gasteiger partial charge >= 0.3 is 0 Å². The molecule has 1 saturated carbocycles. The molecule has 0 aromatic heterocycles. The molecule has 2 aliphatic rings. The summed E-state index contributed by atoms with van der Waals surface area (Å²) < 4.78 is 11.1. The average Bonchev–Trinajstić information content (AvgIpc) is 3.17. The van der Waals surface area contributed by atoms with Gasteiger partial charge in [0, 0.05) is 44.9 Å². The second-order valence-electron chi connectivity index (χ2n) is 7.50. The van der Waals surface area contributed by atoms with Crippen LogP contribution < -0.4 is 9.47 Å². The van der Waals surface area contributed by atoms with Crippen molar-refractivity contribution in [2.24, 2.45) is 0 Å². The quantitative estimate of drug-likeness (QED) is 0.770. The van der Waals surface area contributed by atoms with Crippen LogP contribution in [0, 0.1) is 0 Å². The molecule has 1 N–H and O–H groups in total. The van der Waals surface area contributed by atoms with Gasteiger partial charge in [-0.05, 0) is 43.9 Å². The number of ether oxygens (including phenoxy) is 2. The highest BCUT2D eigenvalue weighted by Gasteiger charge is 2.32. The Morgan fingerprint density at radius 2 is 1.96 bits per heavy atom. The molecular weight excluding hydrogens is 328 g/mol. The first-order valence-corrected chi connectivity index (χ1v) is 10.1. The number of hydrogen-bond acceptors (Lipinski definition) is 5. The van der Waals surface area contributed by atoms with Crippen molar-refractivity contribution in [2.45, 2.75) is 57.7 Å². The SMILES string of the molecule is CCOc1cc(CN2CCN(C3CCCC3)C(CCO)C2)ccc1OC. The van der Waals surface area contributed by atoms with E-state index in [0.717, 1.165) is 50.1 Å². The summed E-state index contributed by atoms with van der Waals surface area (Å²) in [5.41, 5.74) is 1.26. The maximum absolute atomic E-state index is 9.53. The zero-order valence-corrected chi connectivity index (χ0v) is 16.3. The van der Waals surface area contributed by atoms with Crippen molar-refractivity contribution in [3.63, 3.8) is 0 Å². The molecule has 26 heavy (non-hydrogen) atoms. The van der Waals surface area contributed by atoms with Crippen LogP contribution in [0.5, 0.6) is 11.5 Å². The number of benzene rings is 1. The fraction of sp³-hybridized carbons (Fsp3) is 0.714. The number of hydrogen-bond donors (Lipinski definition) is 1. The van der Waals surface area contributed by atoms with E-state index in [1.54, 1.807) is 7.11 Å². The molecule has 1 aliphatic carbocycles. The van der Waals surface area contributed by atoms with Gasteiger partial charge < -0.3 is 14.6 Å². The van der Waals surface area contributed by atoms with Gasteiger partial charge in [-0.1, -0.05) is 18.9 Å². The minimum Gasteiger partial charge on any atom is -0.493 e. The van der Waals surface area contributed by atoms with Crippen molar-refractivity contribution in [2.75, 3.05) is 40.0 Å². The lowest BCUT2D eigenvalue weighted by molar-refractivity contribution is 0.0267. The van der Waals surface area contributed by atoms with Gasteiger partial charge in [0.1, 0.15) is 0 Å². The van der Waals surface area contributed by atoms with Crippen molar-refractivity contribution >= 4 is 0 Å². The van der Waals surface area contributed by atoms with Crippen LogP contribution in [0.3, 0.4) is 0 Å². The molecule has 1 aromatic rings. The molecule has 1 aromatic carbocycles. The normalized spacial score (nSPS) is 22.7. The molecule has 5 nitrogen and oxygen atoms in total. The van der Waals surface area contributed by atoms with Gasteiger partial charge in [-0.25, -0.2) is 0 Å². The van der Waals surface area contributed by atoms with Gasteiger partial charge in [-0.15, -0.1) is 0 Å². The minimum absolute atomic E-state index is 0.277. The number of piperazine rings is 1. The Morgan fingerprint density at radius 3 is 2.65 bits per heavy atom. The lowest BCUT2D eigenvalue weighted by Gasteiger charge is -2.44. The standard InChI is InChI=1S/C21H34N2O3/c1-3-26-21-14-17(8-9-20(21)25-2)15-22-11-12-23(18-6-4-5-7-18)19(16-22)10-13-24/h8-9,14,18-19,24H,3-7,10-13,15-16H2,1-2H3. The molecule has 1 atom stereocenters. The van der Waals surface area contributed by atoms with Gasteiger partial charge in [0.15, 0.2) is 11.5 Å². The highest BCUT2D eigenvalue weighted by Crippen LogP contribution is 2.30. The van der Waals surface area contributed by atoms with Crippen LogP contribution in [-0.2, 0) is 6.54 Å². The van der Waals surface area contributed by atoms with E-state index in [4.69, 9.17) is 9.47 Å². The van der Waals surface area contributed by atoms with E-state index in [2.05, 4.69) is 21.9 Å². The van der Waals surface area contributed by atoms with E-state index in [1.807, 2.05) is 13.0 Å². The first kappa shape index (κ1) is 19.5. The summed E-state index contributed by atoms with van der Waals surface area (Å²) >= 11 is 0. The number of nitrogens with zero attached hydrogens (tertiary/aromatic N) is 2. The molecule has 5 heteroatoms. The van der Waals surface area contributed by atoms with Gasteiger partial charge in [-0.3, -0.25) is 9.80 Å². The maximum Gasteiger partial charge on any atom is 0.161 e. The largest absolute Gasteiger partial charge is 0.493 e. The molecule has 1 saturated heterocycles. The number of aliphatic hydroxyl groups excluding tert-OH is 1. The molecule has 1 heterocycles. The molecule has 0 bridgehead atoms. The molecule has 1 unspecified atom stereocenters. The smallest absolute Gasteiger partial charge is 0.161 e. The Kier molecular flexibility index (Phi) is 7.17. The Hall–Kier alpha value is -1.30. The Bertz CT molecular complexity index is 560. The predicted molar refractivity (Wildman–Crippen MR) is 104 cm³/mol. The summed E-state index contributed by atoms with van der Waals surface area (Å²) in [5, 5.41) is 9.53. The second kappa shape index (κ2) is 9.58. The first-order chi connectivity index (χ1) is 12.7. The van der Waals surface area contributed by atoms with Crippen LogP contribution >= 0.6 is 0 Å². The van der Waals surface area contributed by atoms with Crippen molar-refractivity contribution in [3.8, 4) is 11.5 Å². The van der Waals surface area contributed by atoms with E-state index in [-0.39, 0.29) is 6.61 Å². The number of aliphatic hydroxyl groups is 1. The third-order valence-corrected chi connectivity index (χ3v) is 5.80. The van der Waals surface area contributed by atoms with E-state index in [0.29, 0.717) is 12.6 Å². The van der Waals surface area contributed by atoms with E-state index >= 15 is 0 Å². The summed E-state index contributed by atoms with van der Waals surface area (Å²) in [5.74, 6) is 1.61. The molecule has 0 spiro atoms. The Morgan fingerprint density at radius 1 is 1.15 bits per heavy atom. The zero-order valence-electron chi connectivity index (χ0n) is 16.3. The van der Waals surface area contributed by atoms with Gasteiger partial charge in [0.05, 0.1) is 13.7 Å². The van der Waals surface area contributed by atoms with Crippen LogP contribution in [0.25, 0.3) is 0 Å². The van der Waals surface area contributed by atoms with E-state index in [1.165, 1.54) is 31.2 Å². The van der Waals surface area contributed by atoms with Crippen LogP contribution in [0.15, 0.2) is 18.2 Å². The van der Waals surface area contributed by atoms with Crippen molar-refractivity contribution in [3.05, 3.63) is 23.8 Å². The Balaban J connectivity index is 1.64. The van der Waals surface area contributed by atoms with Crippen molar-refractivity contribution in [1.82, 2.24) is 9.80 Å². The number of rotatable bonds is 8. The molecule has 0 radical (unpaired) electrons. The van der Waals surface area contributed by atoms with Gasteiger partial charge in [0.25, 0.3) is 0 Å². The number of methoxy groups -OCH3 is 1. The topological polar surface area (TPSA) is 45.2 Å². The monoisotopic (exact) mass is 362 g/mol. The molecular formula is C21H34N2O3. The van der Waals surface area contributed by atoms with E-state index in [9.17, 15) is 5.11 Å². The molecule has 1 aliphatic heterocycles. The zero-order chi connectivity index (χ0) is 18.4. The predicted octanol–water partition coefficient (Wildman–Crippen LogP) is 2.91. The highest BCUT2D eigenvalue weighted by molar-refractivity contribution is 5.43.